The number of furan rings is 1. The molecule has 1 aromatic heterocycles. The summed E-state index contributed by atoms with van der Waals surface area (Å²) in [6, 6.07) is 5.88. The van der Waals surface area contributed by atoms with E-state index in [0.29, 0.717) is 6.79 Å². The van der Waals surface area contributed by atoms with Crippen molar-refractivity contribution in [3.63, 3.8) is 0 Å². The maximum Gasteiger partial charge on any atom is 0.231 e. The van der Waals surface area contributed by atoms with Gasteiger partial charge in [0.15, 0.2) is 11.5 Å². The third-order valence-corrected chi connectivity index (χ3v) is 3.50. The lowest BCUT2D eigenvalue weighted by Gasteiger charge is -2.07. The molecule has 0 saturated heterocycles. The molecule has 0 fully saturated rings. The van der Waals surface area contributed by atoms with Crippen LogP contribution in [0.5, 0.6) is 11.5 Å². The molecule has 94 valence electrons. The van der Waals surface area contributed by atoms with Crippen LogP contribution in [0.25, 0.3) is 0 Å². The van der Waals surface area contributed by atoms with E-state index in [4.69, 9.17) is 13.9 Å². The maximum atomic E-state index is 5.36. The average molecular weight is 310 g/mol. The van der Waals surface area contributed by atoms with Gasteiger partial charge in [-0.1, -0.05) is 15.9 Å². The van der Waals surface area contributed by atoms with E-state index < -0.39 is 0 Å². The van der Waals surface area contributed by atoms with Gasteiger partial charge in [0, 0.05) is 23.1 Å². The molecule has 0 radical (unpaired) electrons. The number of nitrogens with one attached hydrogen (secondary N) is 1. The third-order valence-electron chi connectivity index (χ3n) is 2.77. The van der Waals surface area contributed by atoms with Crippen LogP contribution in [0.15, 0.2) is 39.6 Å². The second kappa shape index (κ2) is 5.04. The summed E-state index contributed by atoms with van der Waals surface area (Å²) in [5, 5.41) is 3.35. The number of hydrogen-bond acceptors (Lipinski definition) is 4. The molecule has 0 atom stereocenters. The Morgan fingerprint density at radius 2 is 2.00 bits per heavy atom. The van der Waals surface area contributed by atoms with E-state index >= 15 is 0 Å². The van der Waals surface area contributed by atoms with Gasteiger partial charge in [0.05, 0.1) is 12.5 Å². The molecule has 2 heterocycles. The van der Waals surface area contributed by atoms with Crippen LogP contribution in [0, 0.1) is 0 Å². The highest BCUT2D eigenvalue weighted by molar-refractivity contribution is 9.10. The Hall–Kier alpha value is -1.46. The molecule has 1 aliphatic rings. The van der Waals surface area contributed by atoms with Crippen molar-refractivity contribution < 1.29 is 13.9 Å². The van der Waals surface area contributed by atoms with E-state index in [0.717, 1.165) is 40.2 Å². The first-order chi connectivity index (χ1) is 8.83. The number of rotatable bonds is 4. The van der Waals surface area contributed by atoms with E-state index in [1.165, 1.54) is 0 Å². The summed E-state index contributed by atoms with van der Waals surface area (Å²) in [6.07, 6.45) is 3.41. The third kappa shape index (κ3) is 2.37. The Morgan fingerprint density at radius 3 is 2.78 bits per heavy atom. The lowest BCUT2D eigenvalue weighted by atomic mass is 10.2. The van der Waals surface area contributed by atoms with Crippen LogP contribution in [-0.4, -0.2) is 6.79 Å². The van der Waals surface area contributed by atoms with E-state index in [2.05, 4.69) is 21.2 Å². The van der Waals surface area contributed by atoms with Crippen molar-refractivity contribution in [2.75, 3.05) is 6.79 Å². The highest BCUT2D eigenvalue weighted by Crippen LogP contribution is 2.36. The van der Waals surface area contributed by atoms with Gasteiger partial charge in [-0.15, -0.1) is 0 Å². The first-order valence-electron chi connectivity index (χ1n) is 5.63. The Kier molecular flexibility index (Phi) is 3.25. The van der Waals surface area contributed by atoms with Crippen molar-refractivity contribution in [3.8, 4) is 11.5 Å². The van der Waals surface area contributed by atoms with Crippen molar-refractivity contribution in [3.05, 3.63) is 46.3 Å². The molecule has 5 heteroatoms. The van der Waals surface area contributed by atoms with E-state index in [-0.39, 0.29) is 0 Å². The predicted molar refractivity (Wildman–Crippen MR) is 69.5 cm³/mol. The fourth-order valence-electron chi connectivity index (χ4n) is 1.83. The number of halogens is 1. The fourth-order valence-corrected chi connectivity index (χ4v) is 2.29. The fraction of sp³-hybridized carbons (Fsp3) is 0.231. The Balaban J connectivity index is 1.66. The molecule has 3 rings (SSSR count). The number of ether oxygens (including phenoxy) is 2. The van der Waals surface area contributed by atoms with Gasteiger partial charge in [0.25, 0.3) is 0 Å². The summed E-state index contributed by atoms with van der Waals surface area (Å²) in [6.45, 7) is 1.83. The molecule has 4 nitrogen and oxygen atoms in total. The minimum absolute atomic E-state index is 0.299. The van der Waals surface area contributed by atoms with Crippen LogP contribution in [0.4, 0.5) is 0 Å². The molecule has 18 heavy (non-hydrogen) atoms. The molecule has 0 bridgehead atoms. The molecular formula is C13H12BrNO3. The lowest BCUT2D eigenvalue weighted by molar-refractivity contribution is 0.174. The second-order valence-corrected chi connectivity index (χ2v) is 4.89. The number of hydrogen-bond donors (Lipinski definition) is 1. The topological polar surface area (TPSA) is 43.6 Å². The summed E-state index contributed by atoms with van der Waals surface area (Å²) in [5.41, 5.74) is 2.27. The smallest absolute Gasteiger partial charge is 0.231 e. The summed E-state index contributed by atoms with van der Waals surface area (Å²) in [5.74, 6) is 1.60. The van der Waals surface area contributed by atoms with Crippen molar-refractivity contribution >= 4 is 15.9 Å². The Labute approximate surface area is 113 Å². The van der Waals surface area contributed by atoms with Gasteiger partial charge in [-0.25, -0.2) is 0 Å². The summed E-state index contributed by atoms with van der Waals surface area (Å²) >= 11 is 3.53. The Morgan fingerprint density at radius 1 is 1.17 bits per heavy atom. The van der Waals surface area contributed by atoms with Crippen molar-refractivity contribution in [1.29, 1.82) is 0 Å². The first kappa shape index (κ1) is 11.6. The number of fused-ring (bicyclic) bond motifs is 1. The molecule has 2 aromatic rings. The van der Waals surface area contributed by atoms with Crippen LogP contribution in [0.3, 0.4) is 0 Å². The molecule has 0 amide bonds. The molecule has 0 aliphatic carbocycles. The van der Waals surface area contributed by atoms with Gasteiger partial charge in [0.1, 0.15) is 0 Å². The highest BCUT2D eigenvalue weighted by Gasteiger charge is 2.15. The van der Waals surface area contributed by atoms with E-state index in [9.17, 15) is 0 Å². The monoisotopic (exact) mass is 309 g/mol. The average Bonchev–Trinajstić information content (AvgIpc) is 3.00. The lowest BCUT2D eigenvalue weighted by Crippen LogP contribution is -2.12. The summed E-state index contributed by atoms with van der Waals surface area (Å²) < 4.78 is 16.7. The molecule has 0 spiro atoms. The summed E-state index contributed by atoms with van der Waals surface area (Å²) in [4.78, 5) is 0. The van der Waals surface area contributed by atoms with E-state index in [1.807, 2.05) is 18.2 Å². The molecule has 1 N–H and O–H groups in total. The van der Waals surface area contributed by atoms with Gasteiger partial charge in [-0.3, -0.25) is 0 Å². The highest BCUT2D eigenvalue weighted by atomic mass is 79.9. The van der Waals surface area contributed by atoms with Crippen molar-refractivity contribution in [1.82, 2.24) is 5.32 Å². The standard InChI is InChI=1S/C13H12BrNO3/c14-11-4-13-12(17-8-18-13)3-10(11)6-15-5-9-1-2-16-7-9/h1-4,7,15H,5-6,8H2. The maximum absolute atomic E-state index is 5.36. The van der Waals surface area contributed by atoms with E-state index in [1.54, 1.807) is 12.5 Å². The van der Waals surface area contributed by atoms with Crippen LogP contribution in [-0.2, 0) is 13.1 Å². The number of benzene rings is 1. The molecule has 0 unspecified atom stereocenters. The van der Waals surface area contributed by atoms with Gasteiger partial charge in [-0.05, 0) is 23.8 Å². The SMILES string of the molecule is Brc1cc2c(cc1CNCc1ccoc1)OCO2. The van der Waals surface area contributed by atoms with Crippen LogP contribution in [0.2, 0.25) is 0 Å². The van der Waals surface area contributed by atoms with Gasteiger partial charge in [0.2, 0.25) is 6.79 Å². The van der Waals surface area contributed by atoms with Crippen LogP contribution >= 0.6 is 15.9 Å². The van der Waals surface area contributed by atoms with Gasteiger partial charge < -0.3 is 19.2 Å². The second-order valence-electron chi connectivity index (χ2n) is 4.03. The Bertz CT molecular complexity index is 539. The quantitative estimate of drug-likeness (QED) is 0.942. The van der Waals surface area contributed by atoms with Gasteiger partial charge >= 0.3 is 0 Å². The largest absolute Gasteiger partial charge is 0.472 e. The van der Waals surface area contributed by atoms with Crippen molar-refractivity contribution in [2.24, 2.45) is 0 Å². The predicted octanol–water partition coefficient (Wildman–Crippen LogP) is 3.06. The van der Waals surface area contributed by atoms with Crippen LogP contribution in [0.1, 0.15) is 11.1 Å². The van der Waals surface area contributed by atoms with Gasteiger partial charge in [-0.2, -0.15) is 0 Å². The molecule has 1 aliphatic heterocycles. The molecule has 1 aromatic carbocycles. The zero-order valence-corrected chi connectivity index (χ0v) is 11.2. The summed E-state index contributed by atoms with van der Waals surface area (Å²) in [7, 11) is 0. The first-order valence-corrected chi connectivity index (χ1v) is 6.42. The zero-order chi connectivity index (χ0) is 12.4. The molecular weight excluding hydrogens is 298 g/mol. The van der Waals surface area contributed by atoms with Crippen molar-refractivity contribution in [2.45, 2.75) is 13.1 Å². The molecule has 0 saturated carbocycles. The minimum Gasteiger partial charge on any atom is -0.472 e. The zero-order valence-electron chi connectivity index (χ0n) is 9.61. The minimum atomic E-state index is 0.299. The van der Waals surface area contributed by atoms with Crippen LogP contribution < -0.4 is 14.8 Å². The normalized spacial score (nSPS) is 12.9.